The third-order valence-corrected chi connectivity index (χ3v) is 4.88. The molecule has 7 nitrogen and oxygen atoms in total. The highest BCUT2D eigenvalue weighted by Crippen LogP contribution is 2.33. The first-order valence-electron chi connectivity index (χ1n) is 10.5. The van der Waals surface area contributed by atoms with Crippen molar-refractivity contribution in [2.75, 3.05) is 26.3 Å². The molecular weight excluding hydrogens is 382 g/mol. The van der Waals surface area contributed by atoms with Gasteiger partial charge in [0.05, 0.1) is 32.7 Å². The maximum atomic E-state index is 13.1. The number of nitrogens with one attached hydrogen (secondary N) is 1. The van der Waals surface area contributed by atoms with Crippen LogP contribution in [0.4, 0.5) is 0 Å². The molecule has 0 saturated carbocycles. The van der Waals surface area contributed by atoms with E-state index >= 15 is 0 Å². The van der Waals surface area contributed by atoms with Crippen LogP contribution in [-0.4, -0.2) is 48.0 Å². The zero-order valence-corrected chi connectivity index (χ0v) is 17.4. The van der Waals surface area contributed by atoms with Crippen LogP contribution in [0, 0.1) is 0 Å². The van der Waals surface area contributed by atoms with Crippen molar-refractivity contribution in [1.29, 1.82) is 0 Å². The van der Waals surface area contributed by atoms with Gasteiger partial charge in [-0.1, -0.05) is 18.2 Å². The van der Waals surface area contributed by atoms with Gasteiger partial charge in [-0.3, -0.25) is 14.6 Å². The second-order valence-electron chi connectivity index (χ2n) is 7.22. The van der Waals surface area contributed by atoms with Gasteiger partial charge in [-0.05, 0) is 43.9 Å². The average Bonchev–Trinajstić information content (AvgIpc) is 2.76. The Bertz CT molecular complexity index is 842. The van der Waals surface area contributed by atoms with E-state index in [9.17, 15) is 9.59 Å². The van der Waals surface area contributed by atoms with Crippen molar-refractivity contribution < 1.29 is 19.1 Å². The first-order chi connectivity index (χ1) is 14.7. The van der Waals surface area contributed by atoms with Gasteiger partial charge in [0, 0.05) is 24.5 Å². The molecule has 0 atom stereocenters. The molecule has 0 radical (unpaired) electrons. The lowest BCUT2D eigenvalue weighted by atomic mass is 10.1. The summed E-state index contributed by atoms with van der Waals surface area (Å²) in [6.45, 7) is 3.87. The van der Waals surface area contributed by atoms with Crippen molar-refractivity contribution in [2.24, 2.45) is 0 Å². The van der Waals surface area contributed by atoms with E-state index in [2.05, 4.69) is 10.3 Å². The number of para-hydroxylation sites is 1. The fraction of sp³-hybridized carbons (Fsp3) is 0.435. The van der Waals surface area contributed by atoms with E-state index in [0.717, 1.165) is 30.4 Å². The quantitative estimate of drug-likeness (QED) is 0.837. The number of fused-ring (bicyclic) bond motifs is 1. The molecule has 7 heteroatoms. The molecule has 0 saturated heterocycles. The smallest absolute Gasteiger partial charge is 0.239 e. The van der Waals surface area contributed by atoms with Crippen LogP contribution in [0.15, 0.2) is 42.7 Å². The summed E-state index contributed by atoms with van der Waals surface area (Å²) in [6.07, 6.45) is 6.24. The fourth-order valence-electron chi connectivity index (χ4n) is 3.38. The Balaban J connectivity index is 1.88. The van der Waals surface area contributed by atoms with E-state index in [1.54, 1.807) is 23.4 Å². The molecule has 160 valence electrons. The minimum absolute atomic E-state index is 0.00258. The van der Waals surface area contributed by atoms with Crippen LogP contribution in [0.25, 0.3) is 0 Å². The number of amides is 2. The Kier molecular flexibility index (Phi) is 8.06. The molecule has 0 fully saturated rings. The summed E-state index contributed by atoms with van der Waals surface area (Å²) in [5.74, 6) is 1.02. The largest absolute Gasteiger partial charge is 0.490 e. The van der Waals surface area contributed by atoms with E-state index in [1.165, 1.54) is 0 Å². The van der Waals surface area contributed by atoms with Crippen molar-refractivity contribution in [1.82, 2.24) is 15.2 Å². The molecule has 3 rings (SSSR count). The highest BCUT2D eigenvalue weighted by atomic mass is 16.5. The fourth-order valence-corrected chi connectivity index (χ4v) is 3.38. The van der Waals surface area contributed by atoms with E-state index in [4.69, 9.17) is 9.47 Å². The third kappa shape index (κ3) is 6.20. The summed E-state index contributed by atoms with van der Waals surface area (Å²) >= 11 is 0. The van der Waals surface area contributed by atoms with E-state index in [0.29, 0.717) is 31.3 Å². The van der Waals surface area contributed by atoms with Gasteiger partial charge in [-0.2, -0.15) is 0 Å². The normalized spacial score (nSPS) is 15.5. The summed E-state index contributed by atoms with van der Waals surface area (Å²) in [4.78, 5) is 31.2. The summed E-state index contributed by atoms with van der Waals surface area (Å²) in [5.41, 5.74) is 1.64. The highest BCUT2D eigenvalue weighted by molar-refractivity contribution is 5.85. The Morgan fingerprint density at radius 3 is 2.90 bits per heavy atom. The molecule has 1 aromatic heterocycles. The van der Waals surface area contributed by atoms with Crippen molar-refractivity contribution in [3.05, 3.63) is 53.9 Å². The van der Waals surface area contributed by atoms with E-state index < -0.39 is 0 Å². The Morgan fingerprint density at radius 1 is 1.20 bits per heavy atom. The number of rotatable bonds is 4. The van der Waals surface area contributed by atoms with Gasteiger partial charge in [0.1, 0.15) is 0 Å². The molecule has 1 aromatic carbocycles. The molecule has 2 aromatic rings. The van der Waals surface area contributed by atoms with Crippen LogP contribution in [-0.2, 0) is 22.6 Å². The zero-order valence-electron chi connectivity index (χ0n) is 17.4. The van der Waals surface area contributed by atoms with Crippen molar-refractivity contribution >= 4 is 11.8 Å². The SMILES string of the molecule is CCOc1cccc2c1OCCCCCNC(=O)CN(C(=O)Cc1cccnc1)C2. The van der Waals surface area contributed by atoms with Crippen LogP contribution in [0.3, 0.4) is 0 Å². The number of carbonyl (C=O) groups is 2. The van der Waals surface area contributed by atoms with Crippen LogP contribution in [0.2, 0.25) is 0 Å². The minimum Gasteiger partial charge on any atom is -0.490 e. The molecule has 0 spiro atoms. The van der Waals surface area contributed by atoms with Crippen molar-refractivity contribution in [3.8, 4) is 11.5 Å². The van der Waals surface area contributed by atoms with Gasteiger partial charge >= 0.3 is 0 Å². The standard InChI is InChI=1S/C23H29N3O4/c1-2-29-20-10-6-9-19-16-26(22(28)14-18-8-7-11-24-15-18)17-21(27)25-12-4-3-5-13-30-23(19)20/h6-11,15H,2-5,12-14,16-17H2,1H3,(H,25,27). The lowest BCUT2D eigenvalue weighted by Gasteiger charge is -2.24. The predicted molar refractivity (Wildman–Crippen MR) is 113 cm³/mol. The summed E-state index contributed by atoms with van der Waals surface area (Å²) in [7, 11) is 0. The number of nitrogens with zero attached hydrogens (tertiary/aromatic N) is 2. The number of pyridine rings is 1. The molecule has 0 unspecified atom stereocenters. The summed E-state index contributed by atoms with van der Waals surface area (Å²) in [5, 5.41) is 2.91. The van der Waals surface area contributed by atoms with Crippen LogP contribution >= 0.6 is 0 Å². The Morgan fingerprint density at radius 2 is 2.10 bits per heavy atom. The van der Waals surface area contributed by atoms with Crippen LogP contribution in [0.1, 0.15) is 37.3 Å². The van der Waals surface area contributed by atoms with Crippen LogP contribution < -0.4 is 14.8 Å². The van der Waals surface area contributed by atoms with Gasteiger partial charge in [-0.15, -0.1) is 0 Å². The third-order valence-electron chi connectivity index (χ3n) is 4.88. The van der Waals surface area contributed by atoms with Gasteiger partial charge in [0.2, 0.25) is 11.8 Å². The van der Waals surface area contributed by atoms with E-state index in [-0.39, 0.29) is 31.3 Å². The van der Waals surface area contributed by atoms with Gasteiger partial charge in [0.25, 0.3) is 0 Å². The molecule has 30 heavy (non-hydrogen) atoms. The minimum atomic E-state index is -0.155. The van der Waals surface area contributed by atoms with Gasteiger partial charge < -0.3 is 19.7 Å². The van der Waals surface area contributed by atoms with Gasteiger partial charge in [-0.25, -0.2) is 0 Å². The van der Waals surface area contributed by atoms with Crippen molar-refractivity contribution in [2.45, 2.75) is 39.2 Å². The molecular formula is C23H29N3O4. The molecule has 0 bridgehead atoms. The maximum Gasteiger partial charge on any atom is 0.239 e. The summed E-state index contributed by atoms with van der Waals surface area (Å²) in [6, 6.07) is 9.33. The topological polar surface area (TPSA) is 80.8 Å². The molecule has 0 aliphatic carbocycles. The average molecular weight is 412 g/mol. The lowest BCUT2D eigenvalue weighted by Crippen LogP contribution is -2.41. The Hall–Kier alpha value is -3.09. The zero-order chi connectivity index (χ0) is 21.2. The number of ether oxygens (including phenoxy) is 2. The monoisotopic (exact) mass is 411 g/mol. The molecule has 2 amide bonds. The molecule has 1 N–H and O–H groups in total. The number of carbonyl (C=O) groups excluding carboxylic acids is 2. The van der Waals surface area contributed by atoms with Crippen LogP contribution in [0.5, 0.6) is 11.5 Å². The number of hydrogen-bond acceptors (Lipinski definition) is 5. The second-order valence-corrected chi connectivity index (χ2v) is 7.22. The van der Waals surface area contributed by atoms with E-state index in [1.807, 2.05) is 31.2 Å². The van der Waals surface area contributed by atoms with Gasteiger partial charge in [0.15, 0.2) is 11.5 Å². The highest BCUT2D eigenvalue weighted by Gasteiger charge is 2.21. The number of hydrogen-bond donors (Lipinski definition) is 1. The number of benzene rings is 1. The first kappa shape index (κ1) is 21.6. The second kappa shape index (κ2) is 11.2. The van der Waals surface area contributed by atoms with Crippen molar-refractivity contribution in [3.63, 3.8) is 0 Å². The first-order valence-corrected chi connectivity index (χ1v) is 10.5. The molecule has 2 heterocycles. The molecule has 1 aliphatic rings. The Labute approximate surface area is 177 Å². The lowest BCUT2D eigenvalue weighted by molar-refractivity contribution is -0.136. The maximum absolute atomic E-state index is 13.1. The summed E-state index contributed by atoms with van der Waals surface area (Å²) < 4.78 is 11.8. The number of aromatic nitrogens is 1. The molecule has 1 aliphatic heterocycles. The predicted octanol–water partition coefficient (Wildman–Crippen LogP) is 2.73.